The van der Waals surface area contributed by atoms with Crippen LogP contribution in [0.2, 0.25) is 0 Å². The van der Waals surface area contributed by atoms with Crippen LogP contribution in [-0.2, 0) is 14.3 Å². The number of nitrogens with zero attached hydrogens (tertiary/aromatic N) is 1. The van der Waals surface area contributed by atoms with E-state index in [1.165, 1.54) is 4.90 Å². The van der Waals surface area contributed by atoms with Crippen LogP contribution in [0.15, 0.2) is 11.7 Å². The molecule has 0 aliphatic carbocycles. The summed E-state index contributed by atoms with van der Waals surface area (Å²) in [4.78, 5) is 24.7. The zero-order valence-electron chi connectivity index (χ0n) is 15.5. The van der Waals surface area contributed by atoms with Gasteiger partial charge in [-0.1, -0.05) is 41.5 Å². The highest BCUT2D eigenvalue weighted by molar-refractivity contribution is 5.93. The Morgan fingerprint density at radius 1 is 1.17 bits per heavy atom. The lowest BCUT2D eigenvalue weighted by atomic mass is 9.93. The van der Waals surface area contributed by atoms with Gasteiger partial charge in [-0.15, -0.1) is 0 Å². The molecule has 0 saturated carbocycles. The second kappa shape index (κ2) is 12.0. The third-order valence-electron chi connectivity index (χ3n) is 3.35. The largest absolute Gasteiger partial charge is 0.464 e. The number of carbonyl (C=O) groups is 2. The van der Waals surface area contributed by atoms with Gasteiger partial charge in [-0.25, -0.2) is 4.79 Å². The van der Waals surface area contributed by atoms with E-state index < -0.39 is 17.6 Å². The normalized spacial score (nSPS) is 21.0. The second-order valence-corrected chi connectivity index (χ2v) is 4.27. The molecule has 2 aliphatic rings. The minimum atomic E-state index is -1.80. The van der Waals surface area contributed by atoms with E-state index in [1.54, 1.807) is 6.92 Å². The maximum absolute atomic E-state index is 12.6. The van der Waals surface area contributed by atoms with Crippen molar-refractivity contribution in [3.05, 3.63) is 11.7 Å². The molecule has 23 heavy (non-hydrogen) atoms. The van der Waals surface area contributed by atoms with Crippen molar-refractivity contribution >= 4 is 11.9 Å². The fourth-order valence-electron chi connectivity index (χ4n) is 2.52. The number of halogens is 2. The number of esters is 1. The predicted octanol–water partition coefficient (Wildman–Crippen LogP) is 4.54. The molecule has 0 bridgehead atoms. The summed E-state index contributed by atoms with van der Waals surface area (Å²) in [6, 6.07) is 0. The van der Waals surface area contributed by atoms with E-state index in [-0.39, 0.29) is 43.9 Å². The predicted molar refractivity (Wildman–Crippen MR) is 88.2 cm³/mol. The van der Waals surface area contributed by atoms with Gasteiger partial charge < -0.3 is 9.64 Å². The Morgan fingerprint density at radius 3 is 2.13 bits per heavy atom. The van der Waals surface area contributed by atoms with Gasteiger partial charge in [0.05, 0.1) is 6.61 Å². The molecule has 6 heteroatoms. The Kier molecular flexibility index (Phi) is 12.4. The van der Waals surface area contributed by atoms with Crippen molar-refractivity contribution in [1.29, 1.82) is 0 Å². The summed E-state index contributed by atoms with van der Waals surface area (Å²) in [7, 11) is 0. The summed E-state index contributed by atoms with van der Waals surface area (Å²) >= 11 is 0. The van der Waals surface area contributed by atoms with Gasteiger partial charge in [0.1, 0.15) is 5.54 Å². The number of rotatable bonds is 2. The van der Waals surface area contributed by atoms with Crippen molar-refractivity contribution in [3.8, 4) is 0 Å². The van der Waals surface area contributed by atoms with E-state index in [9.17, 15) is 18.4 Å². The first-order chi connectivity index (χ1) is 11.0. The van der Waals surface area contributed by atoms with E-state index in [0.717, 1.165) is 0 Å². The molecule has 0 N–H and O–H groups in total. The summed E-state index contributed by atoms with van der Waals surface area (Å²) < 4.78 is 30.1. The monoisotopic (exact) mass is 335 g/mol. The second-order valence-electron chi connectivity index (χ2n) is 4.27. The van der Waals surface area contributed by atoms with E-state index in [2.05, 4.69) is 0 Å². The van der Waals surface area contributed by atoms with Crippen LogP contribution in [0.4, 0.5) is 8.78 Å². The molecule has 1 amide bonds. The molecule has 2 fully saturated rings. The first-order valence-corrected chi connectivity index (χ1v) is 8.52. The van der Waals surface area contributed by atoms with Crippen molar-refractivity contribution in [2.24, 2.45) is 0 Å². The maximum Gasteiger partial charge on any atom is 0.332 e. The Hall–Kier alpha value is -1.46. The van der Waals surface area contributed by atoms with Crippen molar-refractivity contribution in [1.82, 2.24) is 4.90 Å². The number of hydrogen-bond acceptors (Lipinski definition) is 3. The molecule has 1 unspecified atom stereocenters. The Bertz CT molecular complexity index is 407. The molecule has 0 aromatic rings. The molecular weight excluding hydrogens is 304 g/mol. The first kappa shape index (κ1) is 23.8. The van der Waals surface area contributed by atoms with Gasteiger partial charge in [0, 0.05) is 25.0 Å². The van der Waals surface area contributed by atoms with Crippen molar-refractivity contribution < 1.29 is 23.1 Å². The van der Waals surface area contributed by atoms with Crippen molar-refractivity contribution in [3.63, 3.8) is 0 Å². The van der Waals surface area contributed by atoms with Crippen LogP contribution in [0.5, 0.6) is 0 Å². The van der Waals surface area contributed by atoms with Gasteiger partial charge in [0.25, 0.3) is 6.08 Å². The summed E-state index contributed by atoms with van der Waals surface area (Å²) in [6.45, 7) is 13.7. The molecule has 0 spiro atoms. The van der Waals surface area contributed by atoms with Crippen LogP contribution >= 0.6 is 0 Å². The molecule has 0 radical (unpaired) electrons. The molecule has 2 rings (SSSR count). The molecule has 0 aromatic heterocycles. The molecule has 4 nitrogen and oxygen atoms in total. The lowest BCUT2D eigenvalue weighted by Crippen LogP contribution is -2.48. The molecule has 136 valence electrons. The quantitative estimate of drug-likeness (QED) is 0.696. The molecule has 2 saturated heterocycles. The van der Waals surface area contributed by atoms with E-state index in [4.69, 9.17) is 4.74 Å². The van der Waals surface area contributed by atoms with Gasteiger partial charge >= 0.3 is 5.97 Å². The first-order valence-electron chi connectivity index (χ1n) is 8.52. The topological polar surface area (TPSA) is 46.6 Å². The SMILES string of the molecule is CC.CC.CC.CCOC(=O)C12CCC(=O)N1CC(=C(F)F)C2. The summed E-state index contributed by atoms with van der Waals surface area (Å²) in [6.07, 6.45) is -1.41. The molecular formula is C17H31F2NO3. The number of amides is 1. The van der Waals surface area contributed by atoms with Gasteiger partial charge in [0.2, 0.25) is 5.91 Å². The number of ether oxygens (including phenoxy) is 1. The molecule has 2 aliphatic heterocycles. The summed E-state index contributed by atoms with van der Waals surface area (Å²) in [5, 5.41) is 0. The minimum Gasteiger partial charge on any atom is -0.464 e. The zero-order chi connectivity index (χ0) is 18.6. The van der Waals surface area contributed by atoms with E-state index in [0.29, 0.717) is 0 Å². The van der Waals surface area contributed by atoms with Crippen LogP contribution in [0.1, 0.15) is 67.7 Å². The minimum absolute atomic E-state index is 0.0973. The average Bonchev–Trinajstić information content (AvgIpc) is 3.13. The molecule has 0 aromatic carbocycles. The average molecular weight is 335 g/mol. The Labute approximate surface area is 138 Å². The maximum atomic E-state index is 12.6. The van der Waals surface area contributed by atoms with E-state index >= 15 is 0 Å². The summed E-state index contributed by atoms with van der Waals surface area (Å²) in [5.74, 6) is -0.823. The molecule has 1 atom stereocenters. The standard InChI is InChI=1S/C11H13F2NO3.3C2H6/c1-2-17-10(16)11-4-3-8(15)14(11)6-7(5-11)9(12)13;3*1-2/h2-6H2,1H3;3*1-2H3. The number of carbonyl (C=O) groups excluding carboxylic acids is 2. The van der Waals surface area contributed by atoms with Gasteiger partial charge in [-0.2, -0.15) is 8.78 Å². The Balaban J connectivity index is 0. The fraction of sp³-hybridized carbons (Fsp3) is 0.765. The fourth-order valence-corrected chi connectivity index (χ4v) is 2.52. The van der Waals surface area contributed by atoms with Gasteiger partial charge in [-0.3, -0.25) is 4.79 Å². The number of hydrogen-bond donors (Lipinski definition) is 0. The van der Waals surface area contributed by atoms with Crippen molar-refractivity contribution in [2.45, 2.75) is 73.3 Å². The van der Waals surface area contributed by atoms with Crippen LogP contribution in [0, 0.1) is 0 Å². The van der Waals surface area contributed by atoms with Gasteiger partial charge in [0.15, 0.2) is 0 Å². The van der Waals surface area contributed by atoms with Gasteiger partial charge in [-0.05, 0) is 13.3 Å². The third kappa shape index (κ3) is 5.29. The van der Waals surface area contributed by atoms with E-state index in [1.807, 2.05) is 41.5 Å². The van der Waals surface area contributed by atoms with Crippen LogP contribution in [0.3, 0.4) is 0 Å². The zero-order valence-corrected chi connectivity index (χ0v) is 15.5. The van der Waals surface area contributed by atoms with Crippen molar-refractivity contribution in [2.75, 3.05) is 13.2 Å². The number of fused-ring (bicyclic) bond motifs is 1. The highest BCUT2D eigenvalue weighted by Crippen LogP contribution is 2.44. The third-order valence-corrected chi connectivity index (χ3v) is 3.35. The Morgan fingerprint density at radius 2 is 1.70 bits per heavy atom. The smallest absolute Gasteiger partial charge is 0.332 e. The molecule has 2 heterocycles. The summed E-state index contributed by atoms with van der Waals surface area (Å²) in [5.41, 5.74) is -1.31. The lowest BCUT2D eigenvalue weighted by molar-refractivity contribution is -0.157. The lowest BCUT2D eigenvalue weighted by Gasteiger charge is -2.28. The van der Waals surface area contributed by atoms with Crippen LogP contribution in [-0.4, -0.2) is 35.5 Å². The highest BCUT2D eigenvalue weighted by atomic mass is 19.3. The van der Waals surface area contributed by atoms with Crippen LogP contribution in [0.25, 0.3) is 0 Å². The van der Waals surface area contributed by atoms with Crippen LogP contribution < -0.4 is 0 Å². The highest BCUT2D eigenvalue weighted by Gasteiger charge is 2.57.